The predicted octanol–water partition coefficient (Wildman–Crippen LogP) is 0.604. The maximum absolute atomic E-state index is 12.0. The minimum atomic E-state index is -0.197. The molecule has 0 aromatic heterocycles. The minimum absolute atomic E-state index is 0.00144. The molecular weight excluding hydrogens is 204 g/mol. The fraction of sp³-hybridized carbons (Fsp3) is 0.917. The molecule has 0 bridgehead atoms. The maximum atomic E-state index is 12.0. The first kappa shape index (κ1) is 13.5. The van der Waals surface area contributed by atoms with Crippen LogP contribution in [0.5, 0.6) is 0 Å². The van der Waals surface area contributed by atoms with Crippen LogP contribution in [-0.4, -0.2) is 47.7 Å². The fourth-order valence-corrected chi connectivity index (χ4v) is 2.06. The van der Waals surface area contributed by atoms with Gasteiger partial charge >= 0.3 is 0 Å². The Morgan fingerprint density at radius 2 is 1.88 bits per heavy atom. The lowest BCUT2D eigenvalue weighted by Gasteiger charge is -2.27. The van der Waals surface area contributed by atoms with Crippen LogP contribution in [0.1, 0.15) is 33.6 Å². The van der Waals surface area contributed by atoms with E-state index >= 15 is 0 Å². The average molecular weight is 228 g/mol. The molecule has 2 N–H and O–H groups in total. The van der Waals surface area contributed by atoms with Gasteiger partial charge in [0.1, 0.15) is 0 Å². The number of hydrogen-bond acceptors (Lipinski definition) is 3. The number of rotatable bonds is 5. The molecule has 1 heterocycles. The van der Waals surface area contributed by atoms with E-state index in [1.54, 1.807) is 0 Å². The summed E-state index contributed by atoms with van der Waals surface area (Å²) in [4.78, 5) is 13.9. The first-order chi connectivity index (χ1) is 7.56. The summed E-state index contributed by atoms with van der Waals surface area (Å²) in [7, 11) is 0. The summed E-state index contributed by atoms with van der Waals surface area (Å²) in [5, 5.41) is 12.4. The Bertz CT molecular complexity index is 225. The van der Waals surface area contributed by atoms with E-state index in [4.69, 9.17) is 0 Å². The summed E-state index contributed by atoms with van der Waals surface area (Å²) in [6.45, 7) is 7.81. The van der Waals surface area contributed by atoms with Gasteiger partial charge in [-0.3, -0.25) is 4.79 Å². The van der Waals surface area contributed by atoms with Crippen molar-refractivity contribution in [2.75, 3.05) is 19.7 Å². The predicted molar refractivity (Wildman–Crippen MR) is 64.1 cm³/mol. The van der Waals surface area contributed by atoms with Crippen molar-refractivity contribution in [3.63, 3.8) is 0 Å². The summed E-state index contributed by atoms with van der Waals surface area (Å²) in [5.74, 6) is 0.496. The van der Waals surface area contributed by atoms with Crippen molar-refractivity contribution in [3.8, 4) is 0 Å². The van der Waals surface area contributed by atoms with E-state index in [2.05, 4.69) is 5.32 Å². The van der Waals surface area contributed by atoms with Gasteiger partial charge in [-0.05, 0) is 25.7 Å². The lowest BCUT2D eigenvalue weighted by Crippen LogP contribution is -2.50. The Balaban J connectivity index is 2.43. The molecule has 1 aliphatic heterocycles. The Morgan fingerprint density at radius 3 is 2.31 bits per heavy atom. The van der Waals surface area contributed by atoms with Gasteiger partial charge in [0.05, 0.1) is 12.6 Å². The monoisotopic (exact) mass is 228 g/mol. The van der Waals surface area contributed by atoms with Crippen molar-refractivity contribution in [1.82, 2.24) is 10.2 Å². The Morgan fingerprint density at radius 1 is 1.31 bits per heavy atom. The first-order valence-electron chi connectivity index (χ1n) is 6.22. The molecule has 1 amide bonds. The molecule has 0 spiro atoms. The van der Waals surface area contributed by atoms with Crippen molar-refractivity contribution >= 4 is 5.91 Å². The van der Waals surface area contributed by atoms with E-state index in [9.17, 15) is 9.90 Å². The standard InChI is InChI=1S/C12H24N2O2/c1-9(2)11(8-15)13-10(3)12(16)14-6-4-5-7-14/h9-11,13,15H,4-8H2,1-3H3. The Hall–Kier alpha value is -0.610. The van der Waals surface area contributed by atoms with Crippen LogP contribution in [0.4, 0.5) is 0 Å². The van der Waals surface area contributed by atoms with Crippen LogP contribution >= 0.6 is 0 Å². The van der Waals surface area contributed by atoms with Crippen molar-refractivity contribution < 1.29 is 9.90 Å². The van der Waals surface area contributed by atoms with E-state index < -0.39 is 0 Å². The van der Waals surface area contributed by atoms with Gasteiger partial charge in [-0.2, -0.15) is 0 Å². The molecule has 0 aromatic rings. The Labute approximate surface area is 98.0 Å². The number of aliphatic hydroxyl groups is 1. The van der Waals surface area contributed by atoms with Crippen molar-refractivity contribution in [3.05, 3.63) is 0 Å². The van der Waals surface area contributed by atoms with Crippen molar-refractivity contribution in [2.24, 2.45) is 5.92 Å². The minimum Gasteiger partial charge on any atom is -0.395 e. The zero-order valence-corrected chi connectivity index (χ0v) is 10.6. The molecule has 1 rings (SSSR count). The summed E-state index contributed by atoms with van der Waals surface area (Å²) in [6.07, 6.45) is 2.23. The smallest absolute Gasteiger partial charge is 0.239 e. The number of likely N-dealkylation sites (tertiary alicyclic amines) is 1. The van der Waals surface area contributed by atoms with Crippen LogP contribution < -0.4 is 5.32 Å². The van der Waals surface area contributed by atoms with Crippen LogP contribution in [0.3, 0.4) is 0 Å². The SMILES string of the molecule is CC(NC(CO)C(C)C)C(=O)N1CCCC1. The molecule has 94 valence electrons. The zero-order chi connectivity index (χ0) is 12.1. The van der Waals surface area contributed by atoms with E-state index in [1.807, 2.05) is 25.7 Å². The van der Waals surface area contributed by atoms with Crippen LogP contribution in [0.25, 0.3) is 0 Å². The van der Waals surface area contributed by atoms with Crippen LogP contribution in [0.2, 0.25) is 0 Å². The molecule has 0 radical (unpaired) electrons. The topological polar surface area (TPSA) is 52.6 Å². The molecule has 1 fully saturated rings. The highest BCUT2D eigenvalue weighted by Gasteiger charge is 2.25. The zero-order valence-electron chi connectivity index (χ0n) is 10.6. The van der Waals surface area contributed by atoms with Gasteiger partial charge in [0, 0.05) is 19.1 Å². The highest BCUT2D eigenvalue weighted by atomic mass is 16.3. The second-order valence-corrected chi connectivity index (χ2v) is 4.95. The van der Waals surface area contributed by atoms with E-state index in [0.29, 0.717) is 5.92 Å². The average Bonchev–Trinajstić information content (AvgIpc) is 2.77. The van der Waals surface area contributed by atoms with Gasteiger partial charge in [0.15, 0.2) is 0 Å². The summed E-state index contributed by atoms with van der Waals surface area (Å²) in [5.41, 5.74) is 0. The second-order valence-electron chi connectivity index (χ2n) is 4.95. The van der Waals surface area contributed by atoms with Gasteiger partial charge in [0.25, 0.3) is 0 Å². The lowest BCUT2D eigenvalue weighted by molar-refractivity contribution is -0.132. The molecule has 0 aliphatic carbocycles. The third-order valence-electron chi connectivity index (χ3n) is 3.25. The highest BCUT2D eigenvalue weighted by molar-refractivity contribution is 5.81. The van der Waals surface area contributed by atoms with Crippen molar-refractivity contribution in [1.29, 1.82) is 0 Å². The molecule has 2 atom stereocenters. The van der Waals surface area contributed by atoms with E-state index in [-0.39, 0.29) is 24.6 Å². The molecule has 1 aliphatic rings. The van der Waals surface area contributed by atoms with E-state index in [0.717, 1.165) is 25.9 Å². The largest absolute Gasteiger partial charge is 0.395 e. The third kappa shape index (κ3) is 3.46. The summed E-state index contributed by atoms with van der Waals surface area (Å²) >= 11 is 0. The Kier molecular flexibility index (Phi) is 5.22. The first-order valence-corrected chi connectivity index (χ1v) is 6.22. The van der Waals surface area contributed by atoms with Gasteiger partial charge in [0.2, 0.25) is 5.91 Å². The highest BCUT2D eigenvalue weighted by Crippen LogP contribution is 2.10. The number of nitrogens with zero attached hydrogens (tertiary/aromatic N) is 1. The van der Waals surface area contributed by atoms with Crippen LogP contribution in [-0.2, 0) is 4.79 Å². The quantitative estimate of drug-likeness (QED) is 0.724. The normalized spacial score (nSPS) is 20.2. The molecule has 16 heavy (non-hydrogen) atoms. The third-order valence-corrected chi connectivity index (χ3v) is 3.25. The molecule has 4 nitrogen and oxygen atoms in total. The van der Waals surface area contributed by atoms with Gasteiger partial charge in [-0.25, -0.2) is 0 Å². The number of aliphatic hydroxyl groups excluding tert-OH is 1. The summed E-state index contributed by atoms with van der Waals surface area (Å²) < 4.78 is 0. The second kappa shape index (κ2) is 6.21. The van der Waals surface area contributed by atoms with E-state index in [1.165, 1.54) is 0 Å². The van der Waals surface area contributed by atoms with Crippen LogP contribution in [0, 0.1) is 5.92 Å². The lowest BCUT2D eigenvalue weighted by atomic mass is 10.0. The van der Waals surface area contributed by atoms with Gasteiger partial charge in [-0.1, -0.05) is 13.8 Å². The number of nitrogens with one attached hydrogen (secondary N) is 1. The molecule has 2 unspecified atom stereocenters. The molecule has 4 heteroatoms. The molecular formula is C12H24N2O2. The fourth-order valence-electron chi connectivity index (χ4n) is 2.06. The maximum Gasteiger partial charge on any atom is 0.239 e. The number of carbonyl (C=O) groups excluding carboxylic acids is 1. The van der Waals surface area contributed by atoms with Crippen LogP contribution in [0.15, 0.2) is 0 Å². The number of hydrogen-bond donors (Lipinski definition) is 2. The molecule has 1 saturated heterocycles. The van der Waals surface area contributed by atoms with Gasteiger partial charge in [-0.15, -0.1) is 0 Å². The number of carbonyl (C=O) groups is 1. The van der Waals surface area contributed by atoms with Gasteiger partial charge < -0.3 is 15.3 Å². The molecule has 0 aromatic carbocycles. The van der Waals surface area contributed by atoms with Crippen molar-refractivity contribution in [2.45, 2.75) is 45.7 Å². The molecule has 0 saturated carbocycles. The number of amides is 1. The summed E-state index contributed by atoms with van der Waals surface area (Å²) in [6, 6.07) is -0.195.